The fraction of sp³-hybridized carbons (Fsp3) is 0.333. The number of nitrogens with one attached hydrogen (secondary N) is 3. The van der Waals surface area contributed by atoms with Gasteiger partial charge in [-0.15, -0.1) is 19.0 Å². The molecule has 0 atom stereocenters. The van der Waals surface area contributed by atoms with Crippen LogP contribution < -0.4 is 16.4 Å². The molecule has 0 aromatic carbocycles. The van der Waals surface area contributed by atoms with Crippen molar-refractivity contribution in [1.82, 2.24) is 10.6 Å². The van der Waals surface area contributed by atoms with E-state index in [-0.39, 0.29) is 18.4 Å². The van der Waals surface area contributed by atoms with Crippen LogP contribution in [0.4, 0.5) is 0 Å². The van der Waals surface area contributed by atoms with Crippen LogP contribution in [-0.4, -0.2) is 25.5 Å². The molecule has 0 saturated heterocycles. The Kier molecular flexibility index (Phi) is 8.77. The van der Waals surface area contributed by atoms with E-state index in [9.17, 15) is 0 Å². The molecule has 0 unspecified atom stereocenters. The average molecular weight is 192 g/mol. The van der Waals surface area contributed by atoms with Gasteiger partial charge in [0.05, 0.1) is 0 Å². The fourth-order valence-electron chi connectivity index (χ4n) is 0.476. The maximum atomic E-state index is 6.88. The van der Waals surface area contributed by atoms with E-state index in [4.69, 9.17) is 11.1 Å². The number of rotatable bonds is 2. The first-order valence-corrected chi connectivity index (χ1v) is 3.13. The highest BCUT2D eigenvalue weighted by atomic mass is 35.5. The number of guanidine groups is 2. The number of aliphatic imine (C=N–C) groups is 1. The van der Waals surface area contributed by atoms with E-state index < -0.39 is 0 Å². The molecule has 70 valence electrons. The summed E-state index contributed by atoms with van der Waals surface area (Å²) in [6.07, 6.45) is 1.69. The van der Waals surface area contributed by atoms with Crippen LogP contribution in [-0.2, 0) is 0 Å². The van der Waals surface area contributed by atoms with Gasteiger partial charge in [0.25, 0.3) is 0 Å². The molecule has 0 spiro atoms. The molecule has 0 heterocycles. The Balaban J connectivity index is 0. The van der Waals surface area contributed by atoms with Crippen LogP contribution >= 0.6 is 12.4 Å². The van der Waals surface area contributed by atoms with Crippen LogP contribution in [0, 0.1) is 5.41 Å². The third kappa shape index (κ3) is 6.88. The van der Waals surface area contributed by atoms with Gasteiger partial charge in [0.15, 0.2) is 11.9 Å². The third-order valence-corrected chi connectivity index (χ3v) is 0.891. The molecular weight excluding hydrogens is 178 g/mol. The first kappa shape index (κ1) is 13.4. The van der Waals surface area contributed by atoms with Crippen molar-refractivity contribution in [2.75, 3.05) is 13.6 Å². The molecule has 0 radical (unpaired) electrons. The molecule has 0 rings (SSSR count). The standard InChI is InChI=1S/C6H13N5.ClH/c1-3-4-10-6(9-2)11-5(7)8;/h3H,1,4H2,2H3,(H5,7,8,9,10,11);1H. The third-order valence-electron chi connectivity index (χ3n) is 0.891. The topological polar surface area (TPSA) is 86.3 Å². The highest BCUT2D eigenvalue weighted by molar-refractivity contribution is 5.96. The first-order chi connectivity index (χ1) is 5.20. The van der Waals surface area contributed by atoms with Gasteiger partial charge in [0.2, 0.25) is 0 Å². The van der Waals surface area contributed by atoms with E-state index >= 15 is 0 Å². The molecule has 0 saturated carbocycles. The van der Waals surface area contributed by atoms with Gasteiger partial charge >= 0.3 is 0 Å². The largest absolute Gasteiger partial charge is 0.370 e. The van der Waals surface area contributed by atoms with Gasteiger partial charge in [-0.05, 0) is 0 Å². The van der Waals surface area contributed by atoms with E-state index in [1.807, 2.05) is 0 Å². The quantitative estimate of drug-likeness (QED) is 0.274. The van der Waals surface area contributed by atoms with Gasteiger partial charge in [-0.2, -0.15) is 0 Å². The second-order valence-corrected chi connectivity index (χ2v) is 1.78. The summed E-state index contributed by atoms with van der Waals surface area (Å²) in [5.74, 6) is 0.333. The molecule has 0 aliphatic heterocycles. The highest BCUT2D eigenvalue weighted by Gasteiger charge is 1.93. The van der Waals surface area contributed by atoms with E-state index in [1.165, 1.54) is 0 Å². The Morgan fingerprint density at radius 1 is 1.75 bits per heavy atom. The first-order valence-electron chi connectivity index (χ1n) is 3.13. The summed E-state index contributed by atoms with van der Waals surface area (Å²) < 4.78 is 0. The zero-order valence-electron chi connectivity index (χ0n) is 6.92. The SMILES string of the molecule is C=CCNC(=NC)NC(=N)N.Cl. The van der Waals surface area contributed by atoms with Crippen LogP contribution in [0.3, 0.4) is 0 Å². The molecule has 0 amide bonds. The molecule has 0 aliphatic carbocycles. The number of nitrogens with two attached hydrogens (primary N) is 1. The van der Waals surface area contributed by atoms with Crippen molar-refractivity contribution in [2.45, 2.75) is 0 Å². The van der Waals surface area contributed by atoms with Crippen molar-refractivity contribution in [2.24, 2.45) is 10.7 Å². The second-order valence-electron chi connectivity index (χ2n) is 1.78. The maximum Gasteiger partial charge on any atom is 0.198 e. The Hall–Kier alpha value is -1.23. The number of halogens is 1. The van der Waals surface area contributed by atoms with Crippen LogP contribution in [0.25, 0.3) is 0 Å². The minimum Gasteiger partial charge on any atom is -0.370 e. The van der Waals surface area contributed by atoms with Crippen molar-refractivity contribution < 1.29 is 0 Å². The van der Waals surface area contributed by atoms with Crippen molar-refractivity contribution in [3.63, 3.8) is 0 Å². The zero-order chi connectivity index (χ0) is 8.69. The Labute approximate surface area is 78.0 Å². The summed E-state index contributed by atoms with van der Waals surface area (Å²) >= 11 is 0. The van der Waals surface area contributed by atoms with Gasteiger partial charge in [0, 0.05) is 13.6 Å². The fourth-order valence-corrected chi connectivity index (χ4v) is 0.476. The van der Waals surface area contributed by atoms with Gasteiger partial charge in [0.1, 0.15) is 0 Å². The molecule has 5 nitrogen and oxygen atoms in total. The summed E-state index contributed by atoms with van der Waals surface area (Å²) in [7, 11) is 1.60. The van der Waals surface area contributed by atoms with E-state index in [0.29, 0.717) is 12.5 Å². The van der Waals surface area contributed by atoms with Crippen molar-refractivity contribution in [1.29, 1.82) is 5.41 Å². The lowest BCUT2D eigenvalue weighted by molar-refractivity contribution is 0.981. The molecule has 12 heavy (non-hydrogen) atoms. The molecule has 0 fully saturated rings. The molecule has 0 aliphatic rings. The molecule has 0 bridgehead atoms. The summed E-state index contributed by atoms with van der Waals surface area (Å²) in [5.41, 5.74) is 5.07. The normalized spacial score (nSPS) is 9.58. The van der Waals surface area contributed by atoms with Crippen LogP contribution in [0.5, 0.6) is 0 Å². The Bertz CT molecular complexity index is 177. The Morgan fingerprint density at radius 3 is 2.67 bits per heavy atom. The summed E-state index contributed by atoms with van der Waals surface area (Å²) in [6.45, 7) is 4.11. The van der Waals surface area contributed by atoms with Crippen LogP contribution in [0.15, 0.2) is 17.6 Å². The maximum absolute atomic E-state index is 6.88. The number of hydrogen-bond donors (Lipinski definition) is 4. The smallest absolute Gasteiger partial charge is 0.198 e. The lowest BCUT2D eigenvalue weighted by atomic mass is 10.6. The van der Waals surface area contributed by atoms with Gasteiger partial charge in [-0.3, -0.25) is 15.7 Å². The Morgan fingerprint density at radius 2 is 2.33 bits per heavy atom. The minimum absolute atomic E-state index is 0. The summed E-state index contributed by atoms with van der Waals surface area (Å²) in [6, 6.07) is 0. The summed E-state index contributed by atoms with van der Waals surface area (Å²) in [5, 5.41) is 12.3. The number of nitrogens with zero attached hydrogens (tertiary/aromatic N) is 1. The molecule has 6 heteroatoms. The van der Waals surface area contributed by atoms with E-state index in [0.717, 1.165) is 0 Å². The van der Waals surface area contributed by atoms with Crippen molar-refractivity contribution in [3.8, 4) is 0 Å². The molecule has 0 aromatic heterocycles. The average Bonchev–Trinajstić information content (AvgIpc) is 1.97. The zero-order valence-corrected chi connectivity index (χ0v) is 7.74. The van der Waals surface area contributed by atoms with Crippen LogP contribution in [0.1, 0.15) is 0 Å². The van der Waals surface area contributed by atoms with Gasteiger partial charge in [-0.25, -0.2) is 0 Å². The second kappa shape index (κ2) is 7.87. The van der Waals surface area contributed by atoms with Gasteiger partial charge in [-0.1, -0.05) is 6.08 Å². The van der Waals surface area contributed by atoms with Crippen molar-refractivity contribution in [3.05, 3.63) is 12.7 Å². The lowest BCUT2D eigenvalue weighted by Crippen LogP contribution is -2.43. The van der Waals surface area contributed by atoms with E-state index in [2.05, 4.69) is 22.2 Å². The molecule has 5 N–H and O–H groups in total. The van der Waals surface area contributed by atoms with Crippen LogP contribution in [0.2, 0.25) is 0 Å². The van der Waals surface area contributed by atoms with E-state index in [1.54, 1.807) is 13.1 Å². The summed E-state index contributed by atoms with van der Waals surface area (Å²) in [4.78, 5) is 3.79. The van der Waals surface area contributed by atoms with Crippen molar-refractivity contribution >= 4 is 24.3 Å². The minimum atomic E-state index is -0.137. The lowest BCUT2D eigenvalue weighted by Gasteiger charge is -2.07. The van der Waals surface area contributed by atoms with Gasteiger partial charge < -0.3 is 11.1 Å². The molecular formula is C6H14ClN5. The number of hydrogen-bond acceptors (Lipinski definition) is 2. The monoisotopic (exact) mass is 191 g/mol. The highest BCUT2D eigenvalue weighted by Crippen LogP contribution is 1.66. The predicted molar refractivity (Wildman–Crippen MR) is 53.9 cm³/mol. The predicted octanol–water partition coefficient (Wildman–Crippen LogP) is -0.347. The molecule has 0 aromatic rings.